The number of rotatable bonds is 6. The number of hydrogen-bond acceptors (Lipinski definition) is 1. The van der Waals surface area contributed by atoms with Gasteiger partial charge in [0.2, 0.25) is 0 Å². The smallest absolute Gasteiger partial charge is 0.122 e. The highest BCUT2D eigenvalue weighted by molar-refractivity contribution is 5.31. The zero-order valence-electron chi connectivity index (χ0n) is 10.4. The summed E-state index contributed by atoms with van der Waals surface area (Å²) in [6.45, 7) is 2.83. The summed E-state index contributed by atoms with van der Waals surface area (Å²) in [5.41, 5.74) is 1.77. The zero-order chi connectivity index (χ0) is 12.8. The Morgan fingerprint density at radius 1 is 1.24 bits per heavy atom. The maximum atomic E-state index is 13.2. The third-order valence-electron chi connectivity index (χ3n) is 2.78. The number of benzene rings is 1. The molecule has 0 heterocycles. The van der Waals surface area contributed by atoms with Crippen LogP contribution in [0.25, 0.3) is 0 Å². The minimum absolute atomic E-state index is 0.433. The zero-order valence-corrected chi connectivity index (χ0v) is 10.4. The van der Waals surface area contributed by atoms with Crippen LogP contribution in [0.1, 0.15) is 49.6 Å². The monoisotopic (exact) mass is 242 g/mol. The summed E-state index contributed by atoms with van der Waals surface area (Å²) in [7, 11) is 0. The van der Waals surface area contributed by atoms with Gasteiger partial charge in [-0.1, -0.05) is 31.5 Å². The maximum Gasteiger partial charge on any atom is 0.122 e. The van der Waals surface area contributed by atoms with Crippen molar-refractivity contribution in [2.24, 2.45) is 0 Å². The Hall–Kier alpha value is -0.960. The Labute approximate surface area is 101 Å². The van der Waals surface area contributed by atoms with Crippen molar-refractivity contribution < 1.29 is 13.9 Å². The van der Waals surface area contributed by atoms with Gasteiger partial charge in [0, 0.05) is 0 Å². The average molecular weight is 242 g/mol. The van der Waals surface area contributed by atoms with Crippen LogP contribution in [0.2, 0.25) is 0 Å². The van der Waals surface area contributed by atoms with Crippen molar-refractivity contribution in [1.29, 1.82) is 0 Å². The Morgan fingerprint density at radius 2 is 1.88 bits per heavy atom. The summed E-state index contributed by atoms with van der Waals surface area (Å²) in [5, 5.41) is 9.71. The quantitative estimate of drug-likeness (QED) is 0.802. The van der Waals surface area contributed by atoms with Crippen molar-refractivity contribution in [3.8, 4) is 0 Å². The molecule has 0 bridgehead atoms. The lowest BCUT2D eigenvalue weighted by Gasteiger charge is -2.12. The van der Waals surface area contributed by atoms with Crippen LogP contribution in [0.15, 0.2) is 18.2 Å². The van der Waals surface area contributed by atoms with Gasteiger partial charge in [-0.25, -0.2) is 8.78 Å². The highest BCUT2D eigenvalue weighted by Gasteiger charge is 2.10. The summed E-state index contributed by atoms with van der Waals surface area (Å²) >= 11 is 0. The number of alkyl halides is 2. The van der Waals surface area contributed by atoms with Crippen molar-refractivity contribution in [2.75, 3.05) is 0 Å². The van der Waals surface area contributed by atoms with E-state index in [1.807, 2.05) is 6.92 Å². The highest BCUT2D eigenvalue weighted by atomic mass is 19.1. The topological polar surface area (TPSA) is 20.2 Å². The van der Waals surface area contributed by atoms with Crippen molar-refractivity contribution in [1.82, 2.24) is 0 Å². The molecule has 1 N–H and O–H groups in total. The second kappa shape index (κ2) is 6.70. The predicted octanol–water partition coefficient (Wildman–Crippen LogP) is 3.89. The standard InChI is InChI=1S/C14H20F2O/c1-3-4-14(17)8-11-5-12(9-15)7-13(6-11)10(2)16/h5-7,10,14,17H,3-4,8-9H2,1-2H3. The van der Waals surface area contributed by atoms with E-state index in [9.17, 15) is 13.9 Å². The van der Waals surface area contributed by atoms with Crippen LogP contribution >= 0.6 is 0 Å². The Kier molecular flexibility index (Phi) is 5.56. The van der Waals surface area contributed by atoms with Gasteiger partial charge in [0.1, 0.15) is 12.8 Å². The lowest BCUT2D eigenvalue weighted by Crippen LogP contribution is -2.10. The molecule has 0 amide bonds. The third-order valence-corrected chi connectivity index (χ3v) is 2.78. The summed E-state index contributed by atoms with van der Waals surface area (Å²) < 4.78 is 25.9. The van der Waals surface area contributed by atoms with Crippen molar-refractivity contribution in [2.45, 2.75) is 52.1 Å². The second-order valence-corrected chi connectivity index (χ2v) is 4.48. The molecule has 0 saturated heterocycles. The van der Waals surface area contributed by atoms with Crippen LogP contribution in [0, 0.1) is 0 Å². The van der Waals surface area contributed by atoms with E-state index in [1.165, 1.54) is 6.92 Å². The fourth-order valence-corrected chi connectivity index (χ4v) is 1.92. The first-order chi connectivity index (χ1) is 8.06. The molecule has 0 aliphatic carbocycles. The molecule has 1 rings (SSSR count). The fourth-order valence-electron chi connectivity index (χ4n) is 1.92. The first kappa shape index (κ1) is 14.1. The van der Waals surface area contributed by atoms with Gasteiger partial charge in [-0.15, -0.1) is 0 Å². The molecule has 1 nitrogen and oxygen atoms in total. The molecule has 1 aromatic rings. The maximum absolute atomic E-state index is 13.2. The van der Waals surface area contributed by atoms with Gasteiger partial charge in [0.15, 0.2) is 0 Å². The molecule has 0 aromatic heterocycles. The van der Waals surface area contributed by atoms with E-state index in [-0.39, 0.29) is 0 Å². The molecule has 17 heavy (non-hydrogen) atoms. The van der Waals surface area contributed by atoms with Crippen LogP contribution in [0.4, 0.5) is 8.78 Å². The fraction of sp³-hybridized carbons (Fsp3) is 0.571. The van der Waals surface area contributed by atoms with Crippen LogP contribution < -0.4 is 0 Å². The van der Waals surface area contributed by atoms with Gasteiger partial charge in [-0.05, 0) is 36.5 Å². The summed E-state index contributed by atoms with van der Waals surface area (Å²) in [6, 6.07) is 4.95. The number of hydrogen-bond donors (Lipinski definition) is 1. The molecule has 0 spiro atoms. The molecule has 0 fully saturated rings. The largest absolute Gasteiger partial charge is 0.393 e. The first-order valence-electron chi connectivity index (χ1n) is 6.07. The van der Waals surface area contributed by atoms with Gasteiger partial charge in [-0.3, -0.25) is 0 Å². The van der Waals surface area contributed by atoms with Crippen LogP contribution in [0.5, 0.6) is 0 Å². The number of aliphatic hydroxyl groups excluding tert-OH is 1. The van der Waals surface area contributed by atoms with E-state index in [4.69, 9.17) is 0 Å². The van der Waals surface area contributed by atoms with Gasteiger partial charge < -0.3 is 5.11 Å². The lowest BCUT2D eigenvalue weighted by atomic mass is 9.98. The Morgan fingerprint density at radius 3 is 2.41 bits per heavy atom. The molecule has 2 unspecified atom stereocenters. The normalized spacial score (nSPS) is 14.6. The molecule has 0 aliphatic rings. The molecule has 0 aliphatic heterocycles. The number of halogens is 2. The predicted molar refractivity (Wildman–Crippen MR) is 65.4 cm³/mol. The molecule has 0 saturated carbocycles. The minimum Gasteiger partial charge on any atom is -0.393 e. The molecule has 1 aromatic carbocycles. The number of aliphatic hydroxyl groups is 1. The van der Waals surface area contributed by atoms with Crippen molar-refractivity contribution >= 4 is 0 Å². The third kappa shape index (κ3) is 4.43. The first-order valence-corrected chi connectivity index (χ1v) is 6.07. The van der Waals surface area contributed by atoms with Gasteiger partial charge >= 0.3 is 0 Å². The Bertz CT molecular complexity index is 350. The van der Waals surface area contributed by atoms with E-state index in [2.05, 4.69) is 0 Å². The lowest BCUT2D eigenvalue weighted by molar-refractivity contribution is 0.164. The molecular weight excluding hydrogens is 222 g/mol. The minimum atomic E-state index is -1.11. The molecular formula is C14H20F2O. The van der Waals surface area contributed by atoms with E-state index in [0.717, 1.165) is 12.0 Å². The Balaban J connectivity index is 2.87. The van der Waals surface area contributed by atoms with E-state index in [0.29, 0.717) is 24.0 Å². The van der Waals surface area contributed by atoms with Crippen LogP contribution in [0.3, 0.4) is 0 Å². The molecule has 2 atom stereocenters. The van der Waals surface area contributed by atoms with Gasteiger partial charge in [0.25, 0.3) is 0 Å². The van der Waals surface area contributed by atoms with E-state index < -0.39 is 19.0 Å². The summed E-state index contributed by atoms with van der Waals surface area (Å²) in [6.07, 6.45) is 0.527. The van der Waals surface area contributed by atoms with Crippen LogP contribution in [-0.2, 0) is 13.1 Å². The SMILES string of the molecule is CCCC(O)Cc1cc(CF)cc(C(C)F)c1. The second-order valence-electron chi connectivity index (χ2n) is 4.48. The highest BCUT2D eigenvalue weighted by Crippen LogP contribution is 2.22. The molecule has 0 radical (unpaired) electrons. The molecule has 96 valence electrons. The van der Waals surface area contributed by atoms with Gasteiger partial charge in [-0.2, -0.15) is 0 Å². The van der Waals surface area contributed by atoms with Gasteiger partial charge in [0.05, 0.1) is 6.10 Å². The van der Waals surface area contributed by atoms with Crippen LogP contribution in [-0.4, -0.2) is 11.2 Å². The summed E-state index contributed by atoms with van der Waals surface area (Å²) in [4.78, 5) is 0. The van der Waals surface area contributed by atoms with E-state index >= 15 is 0 Å². The van der Waals surface area contributed by atoms with E-state index in [1.54, 1.807) is 18.2 Å². The van der Waals surface area contributed by atoms with Crippen molar-refractivity contribution in [3.05, 3.63) is 34.9 Å². The average Bonchev–Trinajstić information content (AvgIpc) is 2.28. The van der Waals surface area contributed by atoms with Crippen molar-refractivity contribution in [3.63, 3.8) is 0 Å². The molecule has 3 heteroatoms. The summed E-state index contributed by atoms with van der Waals surface area (Å²) in [5.74, 6) is 0.